The summed E-state index contributed by atoms with van der Waals surface area (Å²) in [5, 5.41) is 2.43. The van der Waals surface area contributed by atoms with Crippen LogP contribution in [0, 0.1) is 0 Å². The molecule has 5 aromatic carbocycles. The third-order valence-corrected chi connectivity index (χ3v) is 7.16. The van der Waals surface area contributed by atoms with Gasteiger partial charge in [0.15, 0.2) is 5.82 Å². The minimum atomic E-state index is 0.700. The molecule has 0 aliphatic heterocycles. The molecule has 7 aromatic rings. The molecule has 0 saturated carbocycles. The monoisotopic (exact) mass is 511 g/mol. The minimum absolute atomic E-state index is 0.700. The highest BCUT2D eigenvalue weighted by Gasteiger charge is 2.14. The number of hydrogen-bond donors (Lipinski definition) is 0. The van der Waals surface area contributed by atoms with Crippen LogP contribution in [-0.4, -0.2) is 15.0 Å². The molecule has 2 aromatic heterocycles. The van der Waals surface area contributed by atoms with Crippen molar-refractivity contribution >= 4 is 10.8 Å². The van der Waals surface area contributed by atoms with E-state index in [0.717, 1.165) is 44.8 Å². The summed E-state index contributed by atoms with van der Waals surface area (Å²) in [6.07, 6.45) is 3.58. The Bertz CT molecular complexity index is 1870. The Kier molecular flexibility index (Phi) is 6.15. The predicted octanol–water partition coefficient (Wildman–Crippen LogP) is 9.36. The number of pyridine rings is 1. The molecule has 0 unspecified atom stereocenters. The van der Waals surface area contributed by atoms with Crippen LogP contribution < -0.4 is 0 Å². The number of rotatable bonds is 5. The Morgan fingerprint density at radius 2 is 0.925 bits per heavy atom. The summed E-state index contributed by atoms with van der Waals surface area (Å²) < 4.78 is 0. The molecule has 0 radical (unpaired) electrons. The van der Waals surface area contributed by atoms with Crippen molar-refractivity contribution in [2.24, 2.45) is 0 Å². The number of hydrogen-bond acceptors (Lipinski definition) is 3. The van der Waals surface area contributed by atoms with Crippen molar-refractivity contribution in [2.45, 2.75) is 0 Å². The number of aromatic nitrogens is 3. The van der Waals surface area contributed by atoms with Crippen molar-refractivity contribution in [3.05, 3.63) is 152 Å². The van der Waals surface area contributed by atoms with Crippen molar-refractivity contribution in [1.82, 2.24) is 15.0 Å². The van der Waals surface area contributed by atoms with Gasteiger partial charge in [-0.05, 0) is 69.4 Å². The van der Waals surface area contributed by atoms with E-state index in [0.29, 0.717) is 5.82 Å². The molecule has 0 saturated heterocycles. The average Bonchev–Trinajstić information content (AvgIpc) is 3.05. The summed E-state index contributed by atoms with van der Waals surface area (Å²) in [7, 11) is 0. The molecule has 188 valence electrons. The van der Waals surface area contributed by atoms with E-state index < -0.39 is 0 Å². The Labute approximate surface area is 233 Å². The van der Waals surface area contributed by atoms with E-state index in [1.165, 1.54) is 16.3 Å². The molecule has 3 heteroatoms. The normalized spacial score (nSPS) is 11.0. The Balaban J connectivity index is 1.48. The Hall–Kier alpha value is -5.41. The fourth-order valence-corrected chi connectivity index (χ4v) is 5.21. The van der Waals surface area contributed by atoms with Crippen LogP contribution in [0.2, 0.25) is 0 Å². The van der Waals surface area contributed by atoms with Crippen LogP contribution in [0.15, 0.2) is 152 Å². The lowest BCUT2D eigenvalue weighted by atomic mass is 9.92. The van der Waals surface area contributed by atoms with Gasteiger partial charge in [-0.25, -0.2) is 15.0 Å². The first-order chi connectivity index (χ1) is 19.8. The van der Waals surface area contributed by atoms with E-state index in [1.54, 1.807) is 12.4 Å². The van der Waals surface area contributed by atoms with E-state index in [2.05, 4.69) is 131 Å². The van der Waals surface area contributed by atoms with Gasteiger partial charge in [-0.3, -0.25) is 0 Å². The van der Waals surface area contributed by atoms with Gasteiger partial charge < -0.3 is 0 Å². The van der Waals surface area contributed by atoms with E-state index >= 15 is 0 Å². The number of fused-ring (bicyclic) bond motifs is 1. The molecular formula is C37H25N3. The van der Waals surface area contributed by atoms with Gasteiger partial charge in [0.1, 0.15) is 0 Å². The molecule has 0 bridgehead atoms. The van der Waals surface area contributed by atoms with Crippen LogP contribution in [0.25, 0.3) is 66.9 Å². The van der Waals surface area contributed by atoms with Gasteiger partial charge in [0.05, 0.1) is 11.4 Å². The third-order valence-electron chi connectivity index (χ3n) is 7.16. The quantitative estimate of drug-likeness (QED) is 0.231. The van der Waals surface area contributed by atoms with Crippen molar-refractivity contribution in [2.75, 3.05) is 0 Å². The number of nitrogens with zero attached hydrogens (tertiary/aromatic N) is 3. The molecule has 0 aliphatic rings. The SMILES string of the molecule is c1ccc(-c2cc(-c3cc(-c4ncccn4)cc(-c4cccc5ccccc45)c3)cc(-c3ccccc3)n2)cc1. The summed E-state index contributed by atoms with van der Waals surface area (Å²) in [5.74, 6) is 0.700. The van der Waals surface area contributed by atoms with Crippen LogP contribution in [0.5, 0.6) is 0 Å². The fourth-order valence-electron chi connectivity index (χ4n) is 5.21. The molecule has 3 nitrogen and oxygen atoms in total. The molecule has 0 amide bonds. The first-order valence-electron chi connectivity index (χ1n) is 13.4. The maximum Gasteiger partial charge on any atom is 0.159 e. The third kappa shape index (κ3) is 4.65. The largest absolute Gasteiger partial charge is 0.248 e. The second kappa shape index (κ2) is 10.4. The first-order valence-corrected chi connectivity index (χ1v) is 13.4. The van der Waals surface area contributed by atoms with Crippen LogP contribution in [0.1, 0.15) is 0 Å². The van der Waals surface area contributed by atoms with Crippen molar-refractivity contribution in [1.29, 1.82) is 0 Å². The molecule has 40 heavy (non-hydrogen) atoms. The summed E-state index contributed by atoms with van der Waals surface area (Å²) in [5.41, 5.74) is 9.48. The van der Waals surface area contributed by atoms with E-state index in [4.69, 9.17) is 4.98 Å². The first kappa shape index (κ1) is 23.7. The zero-order valence-electron chi connectivity index (χ0n) is 21.8. The molecule has 0 atom stereocenters. The lowest BCUT2D eigenvalue weighted by molar-refractivity contribution is 1.18. The summed E-state index contributed by atoms with van der Waals surface area (Å²) in [4.78, 5) is 14.3. The summed E-state index contributed by atoms with van der Waals surface area (Å²) in [6, 6.07) is 48.6. The molecule has 0 spiro atoms. The van der Waals surface area contributed by atoms with Gasteiger partial charge in [0, 0.05) is 29.1 Å². The van der Waals surface area contributed by atoms with E-state index in [1.807, 2.05) is 18.2 Å². The fraction of sp³-hybridized carbons (Fsp3) is 0. The zero-order valence-corrected chi connectivity index (χ0v) is 21.8. The van der Waals surface area contributed by atoms with Gasteiger partial charge in [0.25, 0.3) is 0 Å². The van der Waals surface area contributed by atoms with Crippen LogP contribution in [0.4, 0.5) is 0 Å². The second-order valence-electron chi connectivity index (χ2n) is 9.76. The standard InChI is InChI=1S/C37H25N3/c1-3-12-27(13-4-1)35-24-30(25-36(40-35)28-14-5-2-6-15-28)29-21-31(23-32(22-29)37-38-19-10-20-39-37)34-18-9-16-26-11-7-8-17-33(26)34/h1-25H. The van der Waals surface area contributed by atoms with Crippen LogP contribution in [-0.2, 0) is 0 Å². The van der Waals surface area contributed by atoms with E-state index in [-0.39, 0.29) is 0 Å². The summed E-state index contributed by atoms with van der Waals surface area (Å²) in [6.45, 7) is 0. The molecule has 0 N–H and O–H groups in total. The smallest absolute Gasteiger partial charge is 0.159 e. The molecule has 7 rings (SSSR count). The van der Waals surface area contributed by atoms with Gasteiger partial charge in [-0.1, -0.05) is 103 Å². The highest BCUT2D eigenvalue weighted by atomic mass is 14.8. The lowest BCUT2D eigenvalue weighted by Crippen LogP contribution is -1.93. The highest BCUT2D eigenvalue weighted by molar-refractivity contribution is 5.98. The zero-order chi connectivity index (χ0) is 26.7. The van der Waals surface area contributed by atoms with Gasteiger partial charge in [-0.2, -0.15) is 0 Å². The molecular weight excluding hydrogens is 486 g/mol. The van der Waals surface area contributed by atoms with Crippen molar-refractivity contribution in [3.8, 4) is 56.2 Å². The van der Waals surface area contributed by atoms with Gasteiger partial charge in [0.2, 0.25) is 0 Å². The molecule has 2 heterocycles. The lowest BCUT2D eigenvalue weighted by Gasteiger charge is -2.14. The van der Waals surface area contributed by atoms with Crippen LogP contribution >= 0.6 is 0 Å². The predicted molar refractivity (Wildman–Crippen MR) is 165 cm³/mol. The topological polar surface area (TPSA) is 38.7 Å². The average molecular weight is 512 g/mol. The maximum absolute atomic E-state index is 5.08. The van der Waals surface area contributed by atoms with Crippen molar-refractivity contribution < 1.29 is 0 Å². The molecule has 0 aliphatic carbocycles. The van der Waals surface area contributed by atoms with Crippen molar-refractivity contribution in [3.63, 3.8) is 0 Å². The minimum Gasteiger partial charge on any atom is -0.248 e. The summed E-state index contributed by atoms with van der Waals surface area (Å²) >= 11 is 0. The van der Waals surface area contributed by atoms with Gasteiger partial charge >= 0.3 is 0 Å². The number of benzene rings is 5. The maximum atomic E-state index is 5.08. The second-order valence-corrected chi connectivity index (χ2v) is 9.76. The van der Waals surface area contributed by atoms with Gasteiger partial charge in [-0.15, -0.1) is 0 Å². The Morgan fingerprint density at radius 3 is 1.62 bits per heavy atom. The van der Waals surface area contributed by atoms with E-state index in [9.17, 15) is 0 Å². The van der Waals surface area contributed by atoms with Crippen LogP contribution in [0.3, 0.4) is 0 Å². The Morgan fingerprint density at radius 1 is 0.375 bits per heavy atom. The highest BCUT2D eigenvalue weighted by Crippen LogP contribution is 2.37. The molecule has 0 fully saturated rings.